The number of hydrogen-bond donors (Lipinski definition) is 2. The SMILES string of the molecule is COc1cccc(/C=N/NC(=O)Cn2c(C3CCNCC3)nc3cc(Cl)c(Cl)cc32)c1. The first-order valence-electron chi connectivity index (χ1n) is 10.1. The Morgan fingerprint density at radius 2 is 2.06 bits per heavy atom. The van der Waals surface area contributed by atoms with Crippen LogP contribution in [0.25, 0.3) is 11.0 Å². The van der Waals surface area contributed by atoms with Crippen LogP contribution in [0.5, 0.6) is 5.75 Å². The van der Waals surface area contributed by atoms with Crippen LogP contribution >= 0.6 is 23.2 Å². The summed E-state index contributed by atoms with van der Waals surface area (Å²) in [7, 11) is 1.60. The highest BCUT2D eigenvalue weighted by atomic mass is 35.5. The molecule has 1 amide bonds. The fourth-order valence-electron chi connectivity index (χ4n) is 3.78. The van der Waals surface area contributed by atoms with Gasteiger partial charge < -0.3 is 14.6 Å². The molecule has 2 aromatic carbocycles. The second-order valence-electron chi connectivity index (χ2n) is 7.41. The Kier molecular flexibility index (Phi) is 6.75. The lowest BCUT2D eigenvalue weighted by molar-refractivity contribution is -0.121. The van der Waals surface area contributed by atoms with E-state index in [1.54, 1.807) is 25.5 Å². The van der Waals surface area contributed by atoms with Crippen molar-refractivity contribution < 1.29 is 9.53 Å². The van der Waals surface area contributed by atoms with Crippen molar-refractivity contribution in [2.45, 2.75) is 25.3 Å². The quantitative estimate of drug-likeness (QED) is 0.431. The fourth-order valence-corrected chi connectivity index (χ4v) is 4.09. The molecular formula is C22H23Cl2N5O2. The average molecular weight is 460 g/mol. The molecule has 1 aliphatic rings. The highest BCUT2D eigenvalue weighted by Gasteiger charge is 2.24. The lowest BCUT2D eigenvalue weighted by atomic mass is 9.97. The molecule has 0 aliphatic carbocycles. The Balaban J connectivity index is 1.56. The number of nitrogens with zero attached hydrogens (tertiary/aromatic N) is 3. The van der Waals surface area contributed by atoms with Gasteiger partial charge in [0.05, 0.1) is 34.4 Å². The highest BCUT2D eigenvalue weighted by Crippen LogP contribution is 2.32. The fraction of sp³-hybridized carbons (Fsp3) is 0.318. The van der Waals surface area contributed by atoms with Crippen LogP contribution < -0.4 is 15.5 Å². The van der Waals surface area contributed by atoms with Gasteiger partial charge in [-0.3, -0.25) is 4.79 Å². The van der Waals surface area contributed by atoms with Gasteiger partial charge in [0.2, 0.25) is 0 Å². The van der Waals surface area contributed by atoms with Crippen molar-refractivity contribution >= 4 is 46.4 Å². The molecule has 7 nitrogen and oxygen atoms in total. The number of imidazole rings is 1. The van der Waals surface area contributed by atoms with E-state index in [4.69, 9.17) is 32.9 Å². The summed E-state index contributed by atoms with van der Waals surface area (Å²) in [5, 5.41) is 8.32. The zero-order valence-electron chi connectivity index (χ0n) is 17.1. The number of fused-ring (bicyclic) bond motifs is 1. The summed E-state index contributed by atoms with van der Waals surface area (Å²) in [6.45, 7) is 1.93. The Hall–Kier alpha value is -2.61. The zero-order chi connectivity index (χ0) is 21.8. The number of hydrazone groups is 1. The third-order valence-electron chi connectivity index (χ3n) is 5.32. The van der Waals surface area contributed by atoms with E-state index in [2.05, 4.69) is 15.8 Å². The number of benzene rings is 2. The lowest BCUT2D eigenvalue weighted by Crippen LogP contribution is -2.30. The minimum atomic E-state index is -0.250. The second kappa shape index (κ2) is 9.68. The van der Waals surface area contributed by atoms with Crippen LogP contribution in [0.4, 0.5) is 0 Å². The van der Waals surface area contributed by atoms with E-state index in [1.165, 1.54) is 0 Å². The van der Waals surface area contributed by atoms with Crippen molar-refractivity contribution in [1.82, 2.24) is 20.3 Å². The van der Waals surface area contributed by atoms with Gasteiger partial charge in [-0.2, -0.15) is 5.10 Å². The third-order valence-corrected chi connectivity index (χ3v) is 6.04. The first-order valence-corrected chi connectivity index (χ1v) is 10.8. The van der Waals surface area contributed by atoms with E-state index in [1.807, 2.05) is 28.8 Å². The maximum atomic E-state index is 12.7. The molecule has 0 saturated carbocycles. The Morgan fingerprint density at radius 1 is 1.29 bits per heavy atom. The monoisotopic (exact) mass is 459 g/mol. The maximum absolute atomic E-state index is 12.7. The number of methoxy groups -OCH3 is 1. The zero-order valence-corrected chi connectivity index (χ0v) is 18.6. The van der Waals surface area contributed by atoms with E-state index in [9.17, 15) is 4.79 Å². The van der Waals surface area contributed by atoms with Gasteiger partial charge in [0.25, 0.3) is 5.91 Å². The molecule has 2 N–H and O–H groups in total. The summed E-state index contributed by atoms with van der Waals surface area (Å²) in [5.74, 6) is 1.61. The van der Waals surface area contributed by atoms with Crippen molar-refractivity contribution in [3.63, 3.8) is 0 Å². The molecule has 31 heavy (non-hydrogen) atoms. The van der Waals surface area contributed by atoms with Crippen molar-refractivity contribution in [3.8, 4) is 5.75 Å². The molecule has 162 valence electrons. The number of carbonyl (C=O) groups is 1. The molecule has 0 atom stereocenters. The summed E-state index contributed by atoms with van der Waals surface area (Å²) >= 11 is 12.4. The first kappa shape index (κ1) is 21.6. The van der Waals surface area contributed by atoms with E-state index in [0.717, 1.165) is 54.1 Å². The molecule has 4 rings (SSSR count). The molecule has 0 spiro atoms. The van der Waals surface area contributed by atoms with Crippen molar-refractivity contribution in [1.29, 1.82) is 0 Å². The third kappa shape index (κ3) is 5.01. The molecular weight excluding hydrogens is 437 g/mol. The predicted octanol–water partition coefficient (Wildman–Crippen LogP) is 3.97. The number of rotatable bonds is 6. The van der Waals surface area contributed by atoms with Gasteiger partial charge in [0.15, 0.2) is 0 Å². The van der Waals surface area contributed by atoms with Crippen LogP contribution in [-0.2, 0) is 11.3 Å². The number of amides is 1. The Labute approximate surface area is 190 Å². The van der Waals surface area contributed by atoms with Crippen LogP contribution in [0.15, 0.2) is 41.5 Å². The summed E-state index contributed by atoms with van der Waals surface area (Å²) in [6, 6.07) is 10.9. The number of aromatic nitrogens is 2. The van der Waals surface area contributed by atoms with Gasteiger partial charge in [-0.05, 0) is 55.8 Å². The molecule has 1 aromatic heterocycles. The van der Waals surface area contributed by atoms with Gasteiger partial charge >= 0.3 is 0 Å². The van der Waals surface area contributed by atoms with Gasteiger partial charge in [0, 0.05) is 5.92 Å². The molecule has 3 aromatic rings. The number of ether oxygens (including phenoxy) is 1. The van der Waals surface area contributed by atoms with Crippen LogP contribution in [0.3, 0.4) is 0 Å². The standard InChI is InChI=1S/C22H23Cl2N5O2/c1-31-16-4-2-3-14(9-16)12-26-28-21(30)13-29-20-11-18(24)17(23)10-19(20)27-22(29)15-5-7-25-8-6-15/h2-4,9-12,15,25H,5-8,13H2,1H3,(H,28,30)/b26-12+. The van der Waals surface area contributed by atoms with Crippen LogP contribution in [0, 0.1) is 0 Å². The predicted molar refractivity (Wildman–Crippen MR) is 123 cm³/mol. The first-order chi connectivity index (χ1) is 15.0. The largest absolute Gasteiger partial charge is 0.497 e. The minimum Gasteiger partial charge on any atom is -0.497 e. The Bertz CT molecular complexity index is 1120. The maximum Gasteiger partial charge on any atom is 0.260 e. The summed E-state index contributed by atoms with van der Waals surface area (Å²) in [5.41, 5.74) is 4.94. The van der Waals surface area contributed by atoms with Crippen molar-refractivity contribution in [3.05, 3.63) is 57.8 Å². The van der Waals surface area contributed by atoms with Crippen molar-refractivity contribution in [2.24, 2.45) is 5.10 Å². The summed E-state index contributed by atoms with van der Waals surface area (Å²) in [6.07, 6.45) is 3.50. The van der Waals surface area contributed by atoms with Gasteiger partial charge in [-0.15, -0.1) is 0 Å². The second-order valence-corrected chi connectivity index (χ2v) is 8.22. The molecule has 9 heteroatoms. The number of carbonyl (C=O) groups excluding carboxylic acids is 1. The molecule has 1 fully saturated rings. The van der Waals surface area contributed by atoms with Crippen LogP contribution in [-0.4, -0.2) is 41.9 Å². The smallest absolute Gasteiger partial charge is 0.260 e. The van der Waals surface area contributed by atoms with Gasteiger partial charge in [-0.1, -0.05) is 35.3 Å². The van der Waals surface area contributed by atoms with E-state index in [-0.39, 0.29) is 18.4 Å². The van der Waals surface area contributed by atoms with Crippen LogP contribution in [0.1, 0.15) is 30.1 Å². The molecule has 1 aliphatic heterocycles. The summed E-state index contributed by atoms with van der Waals surface area (Å²) < 4.78 is 7.12. The van der Waals surface area contributed by atoms with E-state index >= 15 is 0 Å². The topological polar surface area (TPSA) is 80.5 Å². The molecule has 0 unspecified atom stereocenters. The normalized spacial score (nSPS) is 14.9. The van der Waals surface area contributed by atoms with Gasteiger partial charge in [0.1, 0.15) is 18.1 Å². The molecule has 0 radical (unpaired) electrons. The van der Waals surface area contributed by atoms with E-state index in [0.29, 0.717) is 10.0 Å². The van der Waals surface area contributed by atoms with Gasteiger partial charge in [-0.25, -0.2) is 10.4 Å². The molecule has 2 heterocycles. The summed E-state index contributed by atoms with van der Waals surface area (Å²) in [4.78, 5) is 17.5. The number of nitrogens with one attached hydrogen (secondary N) is 2. The lowest BCUT2D eigenvalue weighted by Gasteiger charge is -2.23. The average Bonchev–Trinajstić information content (AvgIpc) is 3.12. The molecule has 1 saturated heterocycles. The van der Waals surface area contributed by atoms with Crippen molar-refractivity contribution in [2.75, 3.05) is 20.2 Å². The van der Waals surface area contributed by atoms with E-state index < -0.39 is 0 Å². The Morgan fingerprint density at radius 3 is 2.84 bits per heavy atom. The number of halogens is 2. The number of hydrogen-bond acceptors (Lipinski definition) is 5. The highest BCUT2D eigenvalue weighted by molar-refractivity contribution is 6.42. The minimum absolute atomic E-state index is 0.0865. The van der Waals surface area contributed by atoms with Crippen LogP contribution in [0.2, 0.25) is 10.0 Å². The molecule has 0 bridgehead atoms. The number of piperidine rings is 1.